The van der Waals surface area contributed by atoms with Crippen molar-refractivity contribution in [1.82, 2.24) is 0 Å². The van der Waals surface area contributed by atoms with Gasteiger partial charge in [0, 0.05) is 18.0 Å². The van der Waals surface area contributed by atoms with Gasteiger partial charge in [-0.2, -0.15) is 0 Å². The van der Waals surface area contributed by atoms with Crippen molar-refractivity contribution in [2.24, 2.45) is 0 Å². The summed E-state index contributed by atoms with van der Waals surface area (Å²) in [5, 5.41) is 16.4. The van der Waals surface area contributed by atoms with Gasteiger partial charge in [0.05, 0.1) is 9.82 Å². The average molecular weight is 435 g/mol. The zero-order chi connectivity index (χ0) is 22.3. The van der Waals surface area contributed by atoms with Crippen LogP contribution in [0, 0.1) is 10.1 Å². The van der Waals surface area contributed by atoms with E-state index >= 15 is 0 Å². The van der Waals surface area contributed by atoms with E-state index in [0.29, 0.717) is 5.69 Å². The van der Waals surface area contributed by atoms with Crippen LogP contribution < -0.4 is 10.6 Å². The van der Waals surface area contributed by atoms with Crippen LogP contribution in [0.4, 0.5) is 17.1 Å². The van der Waals surface area contributed by atoms with E-state index in [1.54, 1.807) is 37.3 Å². The lowest BCUT2D eigenvalue weighted by molar-refractivity contribution is -0.384. The fourth-order valence-corrected chi connectivity index (χ4v) is 3.12. The largest absolute Gasteiger partial charge is 0.451 e. The lowest BCUT2D eigenvalue weighted by Gasteiger charge is -2.16. The number of rotatable bonds is 9. The van der Waals surface area contributed by atoms with E-state index in [9.17, 15) is 28.1 Å². The van der Waals surface area contributed by atoms with E-state index in [0.717, 1.165) is 12.3 Å². The minimum atomic E-state index is -3.63. The van der Waals surface area contributed by atoms with Gasteiger partial charge in [-0.05, 0) is 30.7 Å². The molecule has 0 aliphatic heterocycles. The first kappa shape index (κ1) is 22.8. The number of nitrogens with one attached hydrogen (secondary N) is 2. The molecule has 1 atom stereocenters. The number of hydrogen-bond donors (Lipinski definition) is 2. The van der Waals surface area contributed by atoms with Gasteiger partial charge >= 0.3 is 5.97 Å². The molecule has 0 radical (unpaired) electrons. The van der Waals surface area contributed by atoms with E-state index in [4.69, 9.17) is 4.74 Å². The van der Waals surface area contributed by atoms with Crippen LogP contribution in [0.3, 0.4) is 0 Å². The van der Waals surface area contributed by atoms with E-state index in [1.807, 2.05) is 0 Å². The fraction of sp³-hybridized carbons (Fsp3) is 0.263. The fourth-order valence-electron chi connectivity index (χ4n) is 2.48. The van der Waals surface area contributed by atoms with Gasteiger partial charge in [0.25, 0.3) is 11.6 Å². The molecule has 0 saturated heterocycles. The molecule has 2 aromatic carbocycles. The summed E-state index contributed by atoms with van der Waals surface area (Å²) in [7, 11) is -3.63. The third-order valence-corrected chi connectivity index (χ3v) is 5.11. The Labute approximate surface area is 173 Å². The van der Waals surface area contributed by atoms with Gasteiger partial charge in [-0.3, -0.25) is 19.7 Å². The molecule has 0 heterocycles. The summed E-state index contributed by atoms with van der Waals surface area (Å²) in [5.41, 5.74) is 0.00226. The van der Waals surface area contributed by atoms with Crippen molar-refractivity contribution < 1.29 is 27.7 Å². The number of nitro groups is 1. The number of para-hydroxylation sites is 1. The number of sulfone groups is 1. The van der Waals surface area contributed by atoms with Crippen molar-refractivity contribution in [2.45, 2.75) is 24.3 Å². The molecule has 0 aliphatic carbocycles. The molecule has 0 bridgehead atoms. The van der Waals surface area contributed by atoms with Gasteiger partial charge in [0.15, 0.2) is 15.9 Å². The second-order valence-corrected chi connectivity index (χ2v) is 8.32. The number of esters is 1. The van der Waals surface area contributed by atoms with Crippen molar-refractivity contribution in [2.75, 3.05) is 23.4 Å². The smallest absolute Gasteiger partial charge is 0.326 e. The molecule has 0 fully saturated rings. The molecule has 160 valence electrons. The SMILES string of the molecule is CCC(OC(=O)CNc1ccc(S(C)(=O)=O)cc1[N+](=O)[O-])C(=O)Nc1ccccc1. The van der Waals surface area contributed by atoms with Crippen LogP contribution in [0.15, 0.2) is 53.4 Å². The van der Waals surface area contributed by atoms with Crippen LogP contribution in [0.5, 0.6) is 0 Å². The quantitative estimate of drug-likeness (QED) is 0.347. The molecule has 2 aromatic rings. The van der Waals surface area contributed by atoms with Crippen molar-refractivity contribution in [3.63, 3.8) is 0 Å². The van der Waals surface area contributed by atoms with E-state index in [-0.39, 0.29) is 17.0 Å². The molecular weight excluding hydrogens is 414 g/mol. The minimum absolute atomic E-state index is 0.0499. The Kier molecular flexibility index (Phi) is 7.48. The Bertz CT molecular complexity index is 1040. The Morgan fingerprint density at radius 3 is 2.40 bits per heavy atom. The maximum atomic E-state index is 12.3. The van der Waals surface area contributed by atoms with Crippen LogP contribution in [0.2, 0.25) is 0 Å². The molecule has 0 spiro atoms. The van der Waals surface area contributed by atoms with E-state index in [1.165, 1.54) is 12.1 Å². The molecule has 11 heteroatoms. The van der Waals surface area contributed by atoms with Gasteiger partial charge in [0.1, 0.15) is 12.2 Å². The van der Waals surface area contributed by atoms with Crippen molar-refractivity contribution in [1.29, 1.82) is 0 Å². The van der Waals surface area contributed by atoms with E-state index in [2.05, 4.69) is 10.6 Å². The van der Waals surface area contributed by atoms with Crippen molar-refractivity contribution in [3.05, 3.63) is 58.6 Å². The number of amides is 1. The topological polar surface area (TPSA) is 145 Å². The predicted molar refractivity (Wildman–Crippen MR) is 110 cm³/mol. The Morgan fingerprint density at radius 1 is 1.17 bits per heavy atom. The number of hydrogen-bond acceptors (Lipinski definition) is 8. The molecule has 10 nitrogen and oxygen atoms in total. The highest BCUT2D eigenvalue weighted by Crippen LogP contribution is 2.27. The lowest BCUT2D eigenvalue weighted by Crippen LogP contribution is -2.33. The third-order valence-electron chi connectivity index (χ3n) is 4.00. The van der Waals surface area contributed by atoms with Crippen LogP contribution in [0.1, 0.15) is 13.3 Å². The van der Waals surface area contributed by atoms with Gasteiger partial charge in [-0.25, -0.2) is 8.42 Å². The summed E-state index contributed by atoms with van der Waals surface area (Å²) in [6.45, 7) is 1.22. The molecule has 30 heavy (non-hydrogen) atoms. The summed E-state index contributed by atoms with van der Waals surface area (Å²) in [5.74, 6) is -1.30. The number of ether oxygens (including phenoxy) is 1. The van der Waals surface area contributed by atoms with Crippen LogP contribution in [0.25, 0.3) is 0 Å². The highest BCUT2D eigenvalue weighted by Gasteiger charge is 2.23. The summed E-state index contributed by atoms with van der Waals surface area (Å²) in [6.07, 6.45) is 0.122. The minimum Gasteiger partial charge on any atom is -0.451 e. The number of nitro benzene ring substituents is 1. The van der Waals surface area contributed by atoms with Gasteiger partial charge in [-0.1, -0.05) is 25.1 Å². The molecule has 0 saturated carbocycles. The third kappa shape index (κ3) is 6.27. The second kappa shape index (κ2) is 9.83. The summed E-state index contributed by atoms with van der Waals surface area (Å²) in [6, 6.07) is 12.0. The number of anilines is 2. The lowest BCUT2D eigenvalue weighted by atomic mass is 10.2. The molecule has 1 amide bonds. The standard InChI is InChI=1S/C19H21N3O7S/c1-3-17(19(24)21-13-7-5-4-6-8-13)29-18(23)12-20-15-10-9-14(30(2,27)28)11-16(15)22(25)26/h4-11,17,20H,3,12H2,1-2H3,(H,21,24). The normalized spacial score (nSPS) is 11.9. The van der Waals surface area contributed by atoms with Crippen molar-refractivity contribution >= 4 is 38.8 Å². The summed E-state index contributed by atoms with van der Waals surface area (Å²) in [4.78, 5) is 34.7. The second-order valence-electron chi connectivity index (χ2n) is 6.30. The zero-order valence-electron chi connectivity index (χ0n) is 16.3. The molecule has 0 aliphatic rings. The molecule has 1 unspecified atom stereocenters. The van der Waals surface area contributed by atoms with Crippen molar-refractivity contribution in [3.8, 4) is 0 Å². The molecule has 2 rings (SSSR count). The van der Waals surface area contributed by atoms with Gasteiger partial charge in [0.2, 0.25) is 0 Å². The number of nitrogens with zero attached hydrogens (tertiary/aromatic N) is 1. The zero-order valence-corrected chi connectivity index (χ0v) is 17.1. The summed E-state index contributed by atoms with van der Waals surface area (Å²) < 4.78 is 28.3. The van der Waals surface area contributed by atoms with Gasteiger partial charge in [-0.15, -0.1) is 0 Å². The monoisotopic (exact) mass is 435 g/mol. The highest BCUT2D eigenvalue weighted by atomic mass is 32.2. The van der Waals surface area contributed by atoms with E-state index < -0.39 is 45.0 Å². The Balaban J connectivity index is 2.02. The number of carbonyl (C=O) groups excluding carboxylic acids is 2. The maximum absolute atomic E-state index is 12.3. The highest BCUT2D eigenvalue weighted by molar-refractivity contribution is 7.90. The first-order valence-electron chi connectivity index (χ1n) is 8.89. The van der Waals surface area contributed by atoms with Crippen LogP contribution >= 0.6 is 0 Å². The first-order chi connectivity index (χ1) is 14.1. The number of benzene rings is 2. The van der Waals surface area contributed by atoms with Gasteiger partial charge < -0.3 is 15.4 Å². The summed E-state index contributed by atoms with van der Waals surface area (Å²) >= 11 is 0. The first-order valence-corrected chi connectivity index (χ1v) is 10.8. The molecule has 0 aromatic heterocycles. The molecular formula is C19H21N3O7S. The predicted octanol–water partition coefficient (Wildman–Crippen LogP) is 2.37. The van der Waals surface area contributed by atoms with Crippen LogP contribution in [-0.4, -0.2) is 44.1 Å². The average Bonchev–Trinajstić information content (AvgIpc) is 2.70. The maximum Gasteiger partial charge on any atom is 0.326 e. The number of carbonyl (C=O) groups is 2. The molecule has 2 N–H and O–H groups in total. The van der Waals surface area contributed by atoms with Crippen LogP contribution in [-0.2, 0) is 24.2 Å². The Hall–Kier alpha value is -3.47. The Morgan fingerprint density at radius 2 is 1.83 bits per heavy atom.